The standard InChI is InChI=1S/C20H51BrN2O3Si4/c1-22(2)16-13-18-27(5,6)24-29(9,10)26-30(11,20-12-15-21)25-28(7,8)19-14-17-23(3)4/h12-20H2,1-11H3. The Morgan fingerprint density at radius 1 is 0.600 bits per heavy atom. The van der Waals surface area contributed by atoms with Crippen molar-refractivity contribution in [3.05, 3.63) is 0 Å². The zero-order valence-electron chi connectivity index (χ0n) is 21.9. The molecule has 0 aliphatic carbocycles. The molecule has 0 amide bonds. The molecule has 0 N–H and O–H groups in total. The number of nitrogens with zero attached hydrogens (tertiary/aromatic N) is 2. The van der Waals surface area contributed by atoms with Crippen molar-refractivity contribution in [1.82, 2.24) is 9.80 Å². The minimum Gasteiger partial charge on any atom is -0.436 e. The summed E-state index contributed by atoms with van der Waals surface area (Å²) in [6, 6.07) is 3.39. The van der Waals surface area contributed by atoms with E-state index in [4.69, 9.17) is 12.3 Å². The quantitative estimate of drug-likeness (QED) is 0.164. The van der Waals surface area contributed by atoms with Crippen molar-refractivity contribution in [3.63, 3.8) is 0 Å². The van der Waals surface area contributed by atoms with E-state index in [9.17, 15) is 0 Å². The Morgan fingerprint density at radius 2 is 1.03 bits per heavy atom. The highest BCUT2D eigenvalue weighted by Crippen LogP contribution is 2.30. The summed E-state index contributed by atoms with van der Waals surface area (Å²) >= 11 is 3.61. The van der Waals surface area contributed by atoms with Crippen LogP contribution in [0, 0.1) is 0 Å². The highest BCUT2D eigenvalue weighted by molar-refractivity contribution is 9.09. The van der Waals surface area contributed by atoms with Crippen molar-refractivity contribution in [2.75, 3.05) is 46.6 Å². The summed E-state index contributed by atoms with van der Waals surface area (Å²) in [5.41, 5.74) is 0. The Labute approximate surface area is 201 Å². The van der Waals surface area contributed by atoms with Crippen LogP contribution >= 0.6 is 15.9 Å². The Balaban J connectivity index is 5.12. The summed E-state index contributed by atoms with van der Waals surface area (Å²) in [6.45, 7) is 18.4. The molecule has 0 bridgehead atoms. The van der Waals surface area contributed by atoms with Crippen molar-refractivity contribution in [2.45, 2.75) is 83.2 Å². The molecule has 1 unspecified atom stereocenters. The van der Waals surface area contributed by atoms with Crippen molar-refractivity contribution < 1.29 is 12.3 Å². The summed E-state index contributed by atoms with van der Waals surface area (Å²) in [5.74, 6) is 0. The molecule has 182 valence electrons. The summed E-state index contributed by atoms with van der Waals surface area (Å²) in [6.07, 6.45) is 3.48. The highest BCUT2D eigenvalue weighted by Gasteiger charge is 2.45. The van der Waals surface area contributed by atoms with Gasteiger partial charge in [-0.25, -0.2) is 0 Å². The highest BCUT2D eigenvalue weighted by atomic mass is 79.9. The van der Waals surface area contributed by atoms with Crippen LogP contribution in [0.5, 0.6) is 0 Å². The molecule has 0 heterocycles. The van der Waals surface area contributed by atoms with E-state index in [-0.39, 0.29) is 0 Å². The van der Waals surface area contributed by atoms with Crippen molar-refractivity contribution in [1.29, 1.82) is 0 Å². The lowest BCUT2D eigenvalue weighted by Crippen LogP contribution is -2.57. The van der Waals surface area contributed by atoms with Gasteiger partial charge in [0.2, 0.25) is 0 Å². The fraction of sp³-hybridized carbons (Fsp3) is 1.00. The fourth-order valence-corrected chi connectivity index (χ4v) is 24.6. The van der Waals surface area contributed by atoms with E-state index in [1.807, 2.05) is 0 Å². The van der Waals surface area contributed by atoms with Crippen LogP contribution in [0.2, 0.25) is 64.0 Å². The molecular weight excluding hydrogens is 508 g/mol. The van der Waals surface area contributed by atoms with E-state index in [0.717, 1.165) is 30.9 Å². The first-order valence-corrected chi connectivity index (χ1v) is 24.2. The molecule has 0 radical (unpaired) electrons. The second-order valence-corrected chi connectivity index (χ2v) is 27.8. The van der Waals surface area contributed by atoms with Gasteiger partial charge < -0.3 is 22.1 Å². The number of rotatable bonds is 17. The van der Waals surface area contributed by atoms with Crippen LogP contribution in [0.1, 0.15) is 19.3 Å². The first-order chi connectivity index (χ1) is 13.5. The van der Waals surface area contributed by atoms with E-state index >= 15 is 0 Å². The molecule has 0 aromatic rings. The van der Waals surface area contributed by atoms with E-state index in [1.54, 1.807) is 0 Å². The van der Waals surface area contributed by atoms with Gasteiger partial charge in [0, 0.05) is 5.33 Å². The Hall–Kier alpha value is 1.15. The minimum absolute atomic E-state index is 0.999. The average Bonchev–Trinajstić information content (AvgIpc) is 2.49. The maximum Gasteiger partial charge on any atom is 0.315 e. The van der Waals surface area contributed by atoms with E-state index in [0.29, 0.717) is 0 Å². The molecule has 5 nitrogen and oxygen atoms in total. The molecule has 0 saturated carbocycles. The Bertz CT molecular complexity index is 483. The molecule has 30 heavy (non-hydrogen) atoms. The normalized spacial score (nSPS) is 15.8. The van der Waals surface area contributed by atoms with Crippen molar-refractivity contribution >= 4 is 49.7 Å². The SMILES string of the molecule is CN(C)CCC[Si](C)(C)O[Si](C)(C)O[Si](C)(CCCBr)O[Si](C)(C)CCCN(C)C. The predicted molar refractivity (Wildman–Crippen MR) is 146 cm³/mol. The van der Waals surface area contributed by atoms with Crippen molar-refractivity contribution in [2.24, 2.45) is 0 Å². The Morgan fingerprint density at radius 3 is 1.43 bits per heavy atom. The van der Waals surface area contributed by atoms with Gasteiger partial charge in [-0.1, -0.05) is 15.9 Å². The van der Waals surface area contributed by atoms with E-state index in [2.05, 4.69) is 99.7 Å². The lowest BCUT2D eigenvalue weighted by molar-refractivity contribution is 0.318. The van der Waals surface area contributed by atoms with Crippen LogP contribution in [0.25, 0.3) is 0 Å². The predicted octanol–water partition coefficient (Wildman–Crippen LogP) is 5.91. The van der Waals surface area contributed by atoms with Gasteiger partial charge in [-0.15, -0.1) is 0 Å². The molecule has 0 saturated heterocycles. The molecule has 10 heteroatoms. The second-order valence-electron chi connectivity index (χ2n) is 11.0. The molecule has 0 rings (SSSR count). The topological polar surface area (TPSA) is 34.2 Å². The third-order valence-corrected chi connectivity index (χ3v) is 21.8. The summed E-state index contributed by atoms with van der Waals surface area (Å²) < 4.78 is 20.7. The number of alkyl halides is 1. The van der Waals surface area contributed by atoms with Gasteiger partial charge in [0.15, 0.2) is 16.6 Å². The zero-order valence-corrected chi connectivity index (χ0v) is 27.4. The van der Waals surface area contributed by atoms with Gasteiger partial charge >= 0.3 is 17.1 Å². The van der Waals surface area contributed by atoms with E-state index in [1.165, 1.54) is 24.9 Å². The molecular formula is C20H51BrN2O3Si4. The lowest BCUT2D eigenvalue weighted by Gasteiger charge is -2.43. The van der Waals surface area contributed by atoms with Gasteiger partial charge in [-0.2, -0.15) is 0 Å². The zero-order chi connectivity index (χ0) is 23.6. The average molecular weight is 560 g/mol. The third kappa shape index (κ3) is 15.9. The van der Waals surface area contributed by atoms with Gasteiger partial charge in [0.05, 0.1) is 0 Å². The van der Waals surface area contributed by atoms with Crippen molar-refractivity contribution in [3.8, 4) is 0 Å². The summed E-state index contributed by atoms with van der Waals surface area (Å²) in [7, 11) is 0.460. The molecule has 1 atom stereocenters. The van der Waals surface area contributed by atoms with E-state index < -0.39 is 33.8 Å². The van der Waals surface area contributed by atoms with Gasteiger partial charge in [-0.05, 0) is 125 Å². The number of halogens is 1. The summed E-state index contributed by atoms with van der Waals surface area (Å²) in [5, 5.41) is 0.999. The second kappa shape index (κ2) is 13.8. The number of hydrogen-bond acceptors (Lipinski definition) is 5. The van der Waals surface area contributed by atoms with Gasteiger partial charge in [0.25, 0.3) is 0 Å². The Kier molecular flexibility index (Phi) is 14.3. The monoisotopic (exact) mass is 558 g/mol. The van der Waals surface area contributed by atoms with Crippen LogP contribution in [0.4, 0.5) is 0 Å². The molecule has 0 aromatic carbocycles. The third-order valence-electron chi connectivity index (χ3n) is 5.01. The lowest BCUT2D eigenvalue weighted by atomic mass is 10.5. The van der Waals surface area contributed by atoms with Gasteiger partial charge in [-0.3, -0.25) is 0 Å². The summed E-state index contributed by atoms with van der Waals surface area (Å²) in [4.78, 5) is 4.51. The fourth-order valence-electron chi connectivity index (χ4n) is 4.05. The van der Waals surface area contributed by atoms with Gasteiger partial charge in [0.1, 0.15) is 0 Å². The van der Waals surface area contributed by atoms with Crippen LogP contribution < -0.4 is 0 Å². The molecule has 0 fully saturated rings. The van der Waals surface area contributed by atoms with Crippen LogP contribution in [-0.2, 0) is 12.3 Å². The smallest absolute Gasteiger partial charge is 0.315 e. The molecule has 0 aliphatic heterocycles. The first kappa shape index (κ1) is 31.1. The first-order valence-electron chi connectivity index (χ1n) is 11.5. The largest absolute Gasteiger partial charge is 0.436 e. The minimum atomic E-state index is -2.30. The molecule has 0 aliphatic rings. The molecule has 0 spiro atoms. The maximum absolute atomic E-state index is 6.95. The van der Waals surface area contributed by atoms with Crippen LogP contribution in [0.3, 0.4) is 0 Å². The van der Waals surface area contributed by atoms with Crippen LogP contribution in [-0.4, -0.2) is 90.2 Å². The maximum atomic E-state index is 6.95. The molecule has 0 aromatic heterocycles. The van der Waals surface area contributed by atoms with Crippen LogP contribution in [0.15, 0.2) is 0 Å². The number of hydrogen-bond donors (Lipinski definition) is 0.